The lowest BCUT2D eigenvalue weighted by atomic mass is 10.1. The molecule has 0 amide bonds. The number of hydrogen-bond acceptors (Lipinski definition) is 6. The van der Waals surface area contributed by atoms with E-state index in [4.69, 9.17) is 14.2 Å². The molecule has 0 aromatic rings. The van der Waals surface area contributed by atoms with Crippen molar-refractivity contribution >= 4 is 17.9 Å². The number of allylic oxidation sites excluding steroid dienone is 4. The first-order valence-electron chi connectivity index (χ1n) is 28.8. The van der Waals surface area contributed by atoms with Gasteiger partial charge in [0, 0.05) is 19.3 Å². The van der Waals surface area contributed by atoms with Crippen molar-refractivity contribution in [2.45, 2.75) is 322 Å². The maximum absolute atomic E-state index is 12.8. The van der Waals surface area contributed by atoms with Gasteiger partial charge in [0.25, 0.3) is 0 Å². The number of carbonyl (C=O) groups excluding carboxylic acids is 3. The maximum atomic E-state index is 12.8. The van der Waals surface area contributed by atoms with Crippen LogP contribution in [0.25, 0.3) is 0 Å². The molecule has 0 N–H and O–H groups in total. The van der Waals surface area contributed by atoms with Crippen molar-refractivity contribution in [3.63, 3.8) is 0 Å². The molecule has 65 heavy (non-hydrogen) atoms. The molecule has 1 unspecified atom stereocenters. The van der Waals surface area contributed by atoms with Crippen LogP contribution >= 0.6 is 0 Å². The summed E-state index contributed by atoms with van der Waals surface area (Å²) in [7, 11) is 0. The van der Waals surface area contributed by atoms with Gasteiger partial charge in [-0.25, -0.2) is 0 Å². The van der Waals surface area contributed by atoms with Crippen LogP contribution in [-0.4, -0.2) is 37.2 Å². The first-order chi connectivity index (χ1) is 32.0. The molecule has 382 valence electrons. The Labute approximate surface area is 404 Å². The Morgan fingerprint density at radius 2 is 0.508 bits per heavy atom. The van der Waals surface area contributed by atoms with Crippen molar-refractivity contribution in [2.24, 2.45) is 0 Å². The van der Waals surface area contributed by atoms with Gasteiger partial charge in [-0.3, -0.25) is 14.4 Å². The standard InChI is InChI=1S/C59H110O6/c1-4-7-10-13-16-19-21-23-25-27-29-31-33-35-37-40-43-46-49-52-58(61)64-55-56(54-63-57(60)51-48-45-42-39-18-15-12-9-6-3)65-59(62)53-50-47-44-41-38-36-34-32-30-28-26-24-22-20-17-14-11-8-5-2/h23-26,56H,4-22,27-55H2,1-3H3/b25-23-,26-24-. The molecule has 1 atom stereocenters. The minimum atomic E-state index is -0.768. The van der Waals surface area contributed by atoms with E-state index in [0.717, 1.165) is 57.8 Å². The molecule has 0 aliphatic carbocycles. The van der Waals surface area contributed by atoms with E-state index in [9.17, 15) is 14.4 Å². The summed E-state index contributed by atoms with van der Waals surface area (Å²) in [6, 6.07) is 0. The highest BCUT2D eigenvalue weighted by Crippen LogP contribution is 2.16. The fourth-order valence-corrected chi connectivity index (χ4v) is 8.55. The molecule has 0 saturated heterocycles. The molecule has 0 spiro atoms. The largest absolute Gasteiger partial charge is 0.462 e. The summed E-state index contributed by atoms with van der Waals surface area (Å²) in [5, 5.41) is 0. The Bertz CT molecular complexity index is 1050. The number of hydrogen-bond donors (Lipinski definition) is 0. The van der Waals surface area contributed by atoms with Crippen LogP contribution in [0.2, 0.25) is 0 Å². The normalized spacial score (nSPS) is 12.1. The summed E-state index contributed by atoms with van der Waals surface area (Å²) in [6.45, 7) is 6.65. The van der Waals surface area contributed by atoms with Gasteiger partial charge in [-0.1, -0.05) is 251 Å². The molecule has 0 rings (SSSR count). The van der Waals surface area contributed by atoms with Crippen LogP contribution < -0.4 is 0 Å². The van der Waals surface area contributed by atoms with E-state index in [1.54, 1.807) is 0 Å². The van der Waals surface area contributed by atoms with Gasteiger partial charge in [-0.15, -0.1) is 0 Å². The third kappa shape index (κ3) is 52.7. The Balaban J connectivity index is 4.24. The highest BCUT2D eigenvalue weighted by Gasteiger charge is 2.19. The van der Waals surface area contributed by atoms with Crippen molar-refractivity contribution in [3.8, 4) is 0 Å². The first-order valence-corrected chi connectivity index (χ1v) is 28.8. The van der Waals surface area contributed by atoms with Crippen LogP contribution in [0.4, 0.5) is 0 Å². The van der Waals surface area contributed by atoms with Crippen molar-refractivity contribution in [1.29, 1.82) is 0 Å². The monoisotopic (exact) mass is 915 g/mol. The molecule has 0 aliphatic rings. The smallest absolute Gasteiger partial charge is 0.306 e. The number of esters is 3. The van der Waals surface area contributed by atoms with Crippen LogP contribution in [0.5, 0.6) is 0 Å². The van der Waals surface area contributed by atoms with Crippen LogP contribution in [0.1, 0.15) is 316 Å². The fraction of sp³-hybridized carbons (Fsp3) is 0.881. The van der Waals surface area contributed by atoms with Crippen molar-refractivity contribution in [2.75, 3.05) is 13.2 Å². The van der Waals surface area contributed by atoms with Crippen LogP contribution in [0, 0.1) is 0 Å². The van der Waals surface area contributed by atoms with E-state index in [2.05, 4.69) is 45.1 Å². The number of rotatable bonds is 53. The van der Waals surface area contributed by atoms with E-state index in [1.807, 2.05) is 0 Å². The summed E-state index contributed by atoms with van der Waals surface area (Å²) in [5.41, 5.74) is 0. The van der Waals surface area contributed by atoms with Gasteiger partial charge in [0.15, 0.2) is 6.10 Å². The van der Waals surface area contributed by atoms with Crippen LogP contribution in [0.15, 0.2) is 24.3 Å². The zero-order valence-corrected chi connectivity index (χ0v) is 43.8. The molecule has 0 aliphatic heterocycles. The Morgan fingerprint density at radius 3 is 0.769 bits per heavy atom. The molecule has 0 heterocycles. The maximum Gasteiger partial charge on any atom is 0.306 e. The second kappa shape index (κ2) is 54.5. The average molecular weight is 916 g/mol. The first kappa shape index (κ1) is 62.9. The van der Waals surface area contributed by atoms with Crippen LogP contribution in [-0.2, 0) is 28.6 Å². The predicted octanol–water partition coefficient (Wildman–Crippen LogP) is 19.1. The molecule has 0 bridgehead atoms. The van der Waals surface area contributed by atoms with E-state index >= 15 is 0 Å². The Hall–Kier alpha value is -2.11. The second-order valence-corrected chi connectivity index (χ2v) is 19.6. The molecule has 0 aromatic heterocycles. The molecule has 0 aromatic carbocycles. The van der Waals surface area contributed by atoms with Gasteiger partial charge in [-0.2, -0.15) is 0 Å². The van der Waals surface area contributed by atoms with Gasteiger partial charge < -0.3 is 14.2 Å². The molecule has 0 fully saturated rings. The quantitative estimate of drug-likeness (QED) is 0.0262. The molecular weight excluding hydrogens is 805 g/mol. The number of carbonyl (C=O) groups is 3. The molecule has 6 heteroatoms. The van der Waals surface area contributed by atoms with Crippen LogP contribution in [0.3, 0.4) is 0 Å². The van der Waals surface area contributed by atoms with E-state index in [1.165, 1.54) is 218 Å². The summed E-state index contributed by atoms with van der Waals surface area (Å²) in [4.78, 5) is 38.0. The summed E-state index contributed by atoms with van der Waals surface area (Å²) in [6.07, 6.45) is 63.2. The van der Waals surface area contributed by atoms with Gasteiger partial charge in [0.2, 0.25) is 0 Å². The van der Waals surface area contributed by atoms with Gasteiger partial charge >= 0.3 is 17.9 Å². The molecule has 6 nitrogen and oxygen atoms in total. The highest BCUT2D eigenvalue weighted by atomic mass is 16.6. The predicted molar refractivity (Wildman–Crippen MR) is 279 cm³/mol. The summed E-state index contributed by atoms with van der Waals surface area (Å²) < 4.78 is 16.8. The zero-order valence-electron chi connectivity index (χ0n) is 43.8. The Morgan fingerprint density at radius 1 is 0.292 bits per heavy atom. The lowest BCUT2D eigenvalue weighted by Gasteiger charge is -2.18. The summed E-state index contributed by atoms with van der Waals surface area (Å²) >= 11 is 0. The van der Waals surface area contributed by atoms with Crippen molar-refractivity contribution in [1.82, 2.24) is 0 Å². The molecule has 0 saturated carbocycles. The molecule has 0 radical (unpaired) electrons. The van der Waals surface area contributed by atoms with E-state index in [0.29, 0.717) is 19.3 Å². The second-order valence-electron chi connectivity index (χ2n) is 19.6. The molecular formula is C59H110O6. The van der Waals surface area contributed by atoms with E-state index in [-0.39, 0.29) is 31.1 Å². The minimum Gasteiger partial charge on any atom is -0.462 e. The van der Waals surface area contributed by atoms with Crippen molar-refractivity contribution in [3.05, 3.63) is 24.3 Å². The van der Waals surface area contributed by atoms with E-state index < -0.39 is 6.10 Å². The third-order valence-corrected chi connectivity index (χ3v) is 12.9. The van der Waals surface area contributed by atoms with Gasteiger partial charge in [0.05, 0.1) is 0 Å². The zero-order chi connectivity index (χ0) is 47.2. The summed E-state index contributed by atoms with van der Waals surface area (Å²) in [5.74, 6) is -0.858. The van der Waals surface area contributed by atoms with Gasteiger partial charge in [0.1, 0.15) is 13.2 Å². The number of unbranched alkanes of at least 4 members (excludes halogenated alkanes) is 38. The van der Waals surface area contributed by atoms with Gasteiger partial charge in [-0.05, 0) is 70.6 Å². The SMILES string of the molecule is CCCCCCCC/C=C\CCCCCCCCCCCC(=O)OCC(COC(=O)CCCCCCCCCCC)OC(=O)CCCCCCCCCCC/C=C\CCCCCCCC. The lowest BCUT2D eigenvalue weighted by molar-refractivity contribution is -0.167. The topological polar surface area (TPSA) is 78.9 Å². The average Bonchev–Trinajstić information content (AvgIpc) is 3.30. The van der Waals surface area contributed by atoms with Crippen molar-refractivity contribution < 1.29 is 28.6 Å². The number of ether oxygens (including phenoxy) is 3. The third-order valence-electron chi connectivity index (χ3n) is 12.9. The Kier molecular flexibility index (Phi) is 52.7. The minimum absolute atomic E-state index is 0.0687. The lowest BCUT2D eigenvalue weighted by Crippen LogP contribution is -2.30. The highest BCUT2D eigenvalue weighted by molar-refractivity contribution is 5.71. The fourth-order valence-electron chi connectivity index (χ4n) is 8.55.